The molecule has 0 aromatic carbocycles. The summed E-state index contributed by atoms with van der Waals surface area (Å²) in [6, 6.07) is 4.37. The van der Waals surface area contributed by atoms with Crippen molar-refractivity contribution in [3.8, 4) is 12.1 Å². The van der Waals surface area contributed by atoms with Crippen LogP contribution in [0.15, 0.2) is 79.7 Å². The summed E-state index contributed by atoms with van der Waals surface area (Å²) in [7, 11) is 3.25. The molecule has 2 N–H and O–H groups in total. The zero-order valence-corrected chi connectivity index (χ0v) is 77.6. The maximum absolute atomic E-state index is 14.7. The van der Waals surface area contributed by atoms with Crippen LogP contribution in [0.1, 0.15) is 321 Å². The Morgan fingerprint density at radius 2 is 0.909 bits per heavy atom. The van der Waals surface area contributed by atoms with E-state index in [9.17, 15) is 48.9 Å². The number of methoxy groups -OCH3 is 2. The lowest BCUT2D eigenvalue weighted by Gasteiger charge is -2.69. The fourth-order valence-corrected chi connectivity index (χ4v) is 31.5. The zero-order valence-electron chi connectivity index (χ0n) is 90.9. The Morgan fingerprint density at radius 1 is 0.537 bits per heavy atom. The van der Waals surface area contributed by atoms with Gasteiger partial charge in [-0.1, -0.05) is 191 Å². The van der Waals surface area contributed by atoms with E-state index in [1.54, 1.807) is 14.2 Å². The minimum absolute atomic E-state index is 0. The number of hydrogen-bond donors (Lipinski definition) is 1. The van der Waals surface area contributed by atoms with Crippen molar-refractivity contribution in [3.63, 3.8) is 0 Å². The van der Waals surface area contributed by atoms with Gasteiger partial charge >= 0.3 is 5.97 Å². The average molecular weight is 1720 g/mol. The number of aromatic nitrogens is 2. The molecule has 0 spiro atoms. The van der Waals surface area contributed by atoms with Gasteiger partial charge in [0.1, 0.15) is 18.0 Å². The number of ether oxygens (including phenoxy) is 2. The van der Waals surface area contributed by atoms with Crippen molar-refractivity contribution in [1.29, 1.82) is 10.5 Å². The number of nitrogens with zero attached hydrogens (tertiary/aromatic N) is 6. The second kappa shape index (κ2) is 29.2. The lowest BCUT2D eigenvalue weighted by Crippen LogP contribution is -2.65. The smallest absolute Gasteiger partial charge is 0.341 e. The maximum atomic E-state index is 14.7. The summed E-state index contributed by atoms with van der Waals surface area (Å²) in [5, 5.41) is 27.9. The molecule has 9 saturated carbocycles. The van der Waals surface area contributed by atoms with E-state index in [0.717, 1.165) is 132 Å². The van der Waals surface area contributed by atoms with Crippen LogP contribution in [-0.4, -0.2) is 89.3 Å². The molecule has 9 fully saturated rings. The van der Waals surface area contributed by atoms with Crippen molar-refractivity contribution >= 4 is 63.3 Å². The van der Waals surface area contributed by atoms with Gasteiger partial charge in [0.05, 0.1) is 41.8 Å². The number of oxime groups is 1. The van der Waals surface area contributed by atoms with Crippen LogP contribution in [0.25, 0.3) is 4.85 Å². The highest BCUT2D eigenvalue weighted by atomic mass is 35.5. The van der Waals surface area contributed by atoms with Crippen LogP contribution in [0.5, 0.6) is 0 Å². The standard InChI is InChI=1S/C35H49N3O5.C35H47N3O4.C31H40ClNO3.8H2/c1-30(2)12-14-35(29(41)43-38-26(37)10-16-42-8)15-13-34(7)27(22(35)19-30)23(39)17-25-32(5)18-21(20-36)28(40)31(3,4)24(32)9-11-33(25,34)6;1-30(2)12-14-35(29-37-26(38-42-29)10-16-41-8)15-13-34(7)27(22(35)19-30)23(39)17-25-32(5)18-21(20-36)28(40)31(3,4)24(32)9-11-33(25,34)6;1-26(2)11-13-31(25(32)36)14-12-30(7)23(18(31)16-26)20(34)15-22-28(5)17-19(33-8)24(35)27(3,4)21(28)9-10-29(22,30)6;;;;;;;;/h17-18,22,24,27H,9-16,19H2,1-8H3,(H2,37,38);17-18,22,24,27H,9-16,19H2,1-8H3;15,17-18,21,23H,9-14,16H2,1-7H3;8*1H/t2*22-,24-,27-,32-,33+,34+,35-;18-,21-,23-,28-,29+,30+,31-;;;;;;;;/m000......../s1/i;;;7*1+2T;1+2. The lowest BCUT2D eigenvalue weighted by atomic mass is 9.34. The molecule has 121 heavy (non-hydrogen) atoms. The maximum Gasteiger partial charge on any atom is 0.341 e. The number of fused-ring (bicyclic) bond motifs is 21. The number of halogens is 1. The second-order valence-electron chi connectivity index (χ2n) is 46.9. The molecular formula is C101H152ClN7O12. The molecule has 0 radical (unpaired) electrons. The third-order valence-electron chi connectivity index (χ3n) is 38.6. The Labute approximate surface area is 747 Å². The van der Waals surface area contributed by atoms with Crippen molar-refractivity contribution in [2.75, 3.05) is 27.4 Å². The third kappa shape index (κ3) is 12.8. The largest absolute Gasteiger partial charge is 0.384 e. The normalized spacial score (nSPS) is 43.6. The first kappa shape index (κ1) is 81.0. The molecule has 0 amide bonds. The van der Waals surface area contributed by atoms with Gasteiger partial charge in [0.2, 0.25) is 16.8 Å². The van der Waals surface area contributed by atoms with Crippen molar-refractivity contribution in [1.82, 2.24) is 10.1 Å². The van der Waals surface area contributed by atoms with E-state index in [4.69, 9.17) is 68.5 Å². The van der Waals surface area contributed by atoms with Gasteiger partial charge in [-0.25, -0.2) is 9.64 Å². The molecule has 20 heteroatoms. The summed E-state index contributed by atoms with van der Waals surface area (Å²) in [6.45, 7) is 54.5. The number of carbonyl (C=O) groups is 8. The van der Waals surface area contributed by atoms with E-state index in [1.807, 2.05) is 78.0 Å². The molecule has 1 heterocycles. The average Bonchev–Trinajstić information content (AvgIpc) is 0.711. The van der Waals surface area contributed by atoms with E-state index >= 15 is 0 Å². The van der Waals surface area contributed by atoms with Crippen LogP contribution in [-0.2, 0) is 64.5 Å². The Hall–Kier alpha value is -7.11. The minimum Gasteiger partial charge on any atom is -0.384 e. The number of Topliss-reactive ketones (excluding diaryl/α,β-unsaturated/α-hetero) is 3. The van der Waals surface area contributed by atoms with Crippen LogP contribution in [0.2, 0.25) is 0 Å². The van der Waals surface area contributed by atoms with Gasteiger partial charge in [-0.2, -0.15) is 15.5 Å². The number of allylic oxidation sites excluding steroid dienone is 12. The summed E-state index contributed by atoms with van der Waals surface area (Å²) >= 11 is 6.37. The van der Waals surface area contributed by atoms with E-state index in [0.29, 0.717) is 57.0 Å². The first-order chi connectivity index (χ1) is 63.0. The van der Waals surface area contributed by atoms with Gasteiger partial charge in [0, 0.05) is 105 Å². The van der Waals surface area contributed by atoms with Gasteiger partial charge in [-0.15, -0.1) is 0 Å². The summed E-state index contributed by atoms with van der Waals surface area (Å²) in [5.74, 6) is 0.459. The van der Waals surface area contributed by atoms with Gasteiger partial charge < -0.3 is 29.4 Å². The van der Waals surface area contributed by atoms with Crippen LogP contribution < -0.4 is 5.73 Å². The van der Waals surface area contributed by atoms with Gasteiger partial charge in [0.15, 0.2) is 40.5 Å². The fourth-order valence-electron chi connectivity index (χ4n) is 31.1. The number of ketones is 6. The van der Waals surface area contributed by atoms with E-state index in [1.165, 1.54) is 0 Å². The number of nitriles is 2. The molecule has 670 valence electrons. The summed E-state index contributed by atoms with van der Waals surface area (Å²) in [5.41, 5.74) is 2.79. The van der Waals surface area contributed by atoms with Gasteiger partial charge in [-0.05, 0) is 249 Å². The Morgan fingerprint density at radius 3 is 1.34 bits per heavy atom. The number of rotatable bonds is 10. The number of nitrogens with two attached hydrogens (primary N) is 1. The molecule has 0 aliphatic heterocycles. The Kier molecular flexibility index (Phi) is 19.6. The predicted octanol–water partition coefficient (Wildman–Crippen LogP) is 22.1. The Bertz CT molecular complexity index is 5050. The highest BCUT2D eigenvalue weighted by Crippen LogP contribution is 2.80. The van der Waals surface area contributed by atoms with Crippen LogP contribution in [0.4, 0.5) is 0 Å². The molecule has 15 aliphatic rings. The number of carbonyl (C=O) groups excluding carboxylic acids is 8. The number of hydrogen-bond acceptors (Lipinski definition) is 17. The molecule has 16 rings (SSSR count). The minimum atomic E-state index is -0.809. The highest BCUT2D eigenvalue weighted by molar-refractivity contribution is 6.64. The first-order valence-corrected chi connectivity index (χ1v) is 45.8. The quantitative estimate of drug-likeness (QED) is 0.0568. The summed E-state index contributed by atoms with van der Waals surface area (Å²) < 4.78 is 86.4. The molecule has 1 aromatic rings. The highest BCUT2D eigenvalue weighted by Gasteiger charge is 2.76. The monoisotopic (exact) mass is 1720 g/mol. The lowest BCUT2D eigenvalue weighted by molar-refractivity contribution is -0.193. The molecule has 0 unspecified atom stereocenters. The van der Waals surface area contributed by atoms with Crippen molar-refractivity contribution < 1.29 is 79.4 Å². The molecule has 21 atom stereocenters. The van der Waals surface area contributed by atoms with E-state index in [-0.39, 0.29) is 172 Å². The third-order valence-corrected chi connectivity index (χ3v) is 39.0. The Balaban J connectivity index is 0.000000294. The summed E-state index contributed by atoms with van der Waals surface area (Å²) in [6.07, 6.45) is 30.0. The van der Waals surface area contributed by atoms with Gasteiger partial charge in [-0.3, -0.25) is 28.8 Å². The van der Waals surface area contributed by atoms with Crippen LogP contribution >= 0.6 is 11.6 Å². The summed E-state index contributed by atoms with van der Waals surface area (Å²) in [4.78, 5) is 124. The topological polar surface area (TPSA) is 293 Å². The van der Waals surface area contributed by atoms with Crippen LogP contribution in [0, 0.1) is 175 Å². The molecule has 15 aliphatic carbocycles. The van der Waals surface area contributed by atoms with Crippen molar-refractivity contribution in [3.05, 3.63) is 93.2 Å². The van der Waals surface area contributed by atoms with E-state index in [2.05, 4.69) is 131 Å². The molecule has 19 nitrogen and oxygen atoms in total. The van der Waals surface area contributed by atoms with Crippen LogP contribution in [0.3, 0.4) is 0 Å². The fraction of sp³-hybridized carbons (Fsp3) is 0.743. The molecule has 0 saturated heterocycles. The SMILES string of the molecule is COCCC(N)=NOC(=O)[C@]12CCC(C)(C)C[C@H]1[C@H]1C(=O)C=C3[C@@]4(C)C=C(C#N)C(=O)C(C)(C)[C@@H]4CC[C@@]3(C)[C@]1(C)CC2.COCCc1noc([C@]23CCC(C)(C)C[C@H]2[C@H]2C(=O)C=C4[C@@]5(C)C=C(C#N)C(=O)C(C)(C)[C@@H]5CC[C@@]4(C)[C@]2(C)CC3)n1.[3HH].[3H][3H].[3H][3H].[3H][3H].[3H][3H].[3H][3H].[3H][3H].[3H][3H].[C-]#[N+]C1=C[C@]2(C)C3=CC(=O)[C@@H]4[C@@H]5CC(C)(C)CC[C@]5(C(=O)Cl)CC[C@@]4(C)[C@]3(C)CC[C@H]2C(C)(C)C1=O. The molecular weight excluding hydrogens is 1540 g/mol. The van der Waals surface area contributed by atoms with Crippen molar-refractivity contribution in [2.24, 2.45) is 156 Å². The first-order valence-electron chi connectivity index (χ1n) is 52.4. The van der Waals surface area contributed by atoms with E-state index < -0.39 is 48.7 Å². The predicted molar refractivity (Wildman–Crippen MR) is 479 cm³/mol. The molecule has 0 bridgehead atoms. The molecule has 1 aromatic heterocycles. The zero-order chi connectivity index (χ0) is 103. The van der Waals surface area contributed by atoms with Crippen molar-refractivity contribution in [2.45, 2.75) is 298 Å². The second-order valence-corrected chi connectivity index (χ2v) is 47.3. The van der Waals surface area contributed by atoms with Gasteiger partial charge in [0.25, 0.3) is 0 Å². The number of amidine groups is 1.